The molecule has 1 aliphatic carbocycles. The Balaban J connectivity index is 1.25. The van der Waals surface area contributed by atoms with Gasteiger partial charge < -0.3 is 0 Å². The van der Waals surface area contributed by atoms with Crippen molar-refractivity contribution >= 4 is 23.0 Å². The van der Waals surface area contributed by atoms with Crippen molar-refractivity contribution in [1.82, 2.24) is 15.6 Å². The van der Waals surface area contributed by atoms with E-state index < -0.39 is 0 Å². The molecule has 148 valence electrons. The quantitative estimate of drug-likeness (QED) is 0.382. The van der Waals surface area contributed by atoms with Gasteiger partial charge in [-0.2, -0.15) is 10.2 Å². The van der Waals surface area contributed by atoms with E-state index >= 15 is 0 Å². The maximum absolute atomic E-state index is 12.6. The Morgan fingerprint density at radius 1 is 1.07 bits per heavy atom. The molecule has 0 saturated heterocycles. The predicted molar refractivity (Wildman–Crippen MR) is 119 cm³/mol. The minimum Gasteiger partial charge on any atom is -0.277 e. The van der Waals surface area contributed by atoms with E-state index in [0.29, 0.717) is 0 Å². The van der Waals surface area contributed by atoms with Gasteiger partial charge in [0.05, 0.1) is 23.8 Å². The second kappa shape index (κ2) is 7.26. The number of hydrogen-bond acceptors (Lipinski definition) is 3. The number of carbonyl (C=O) groups is 1. The van der Waals surface area contributed by atoms with Crippen LogP contribution in [0.3, 0.4) is 0 Å². The Bertz CT molecular complexity index is 1230. The number of nitrogens with zero attached hydrogens (tertiary/aromatic N) is 2. The van der Waals surface area contributed by atoms with E-state index in [4.69, 9.17) is 0 Å². The highest BCUT2D eigenvalue weighted by atomic mass is 16.2. The maximum atomic E-state index is 12.6. The summed E-state index contributed by atoms with van der Waals surface area (Å²) < 4.78 is 0. The molecule has 2 unspecified atom stereocenters. The third-order valence-electron chi connectivity index (χ3n) is 6.09. The highest BCUT2D eigenvalue weighted by molar-refractivity contribution is 5.97. The van der Waals surface area contributed by atoms with Gasteiger partial charge in [0, 0.05) is 16.4 Å². The van der Waals surface area contributed by atoms with E-state index in [2.05, 4.69) is 64.0 Å². The fraction of sp³-hybridized carbons (Fsp3) is 0.160. The average molecular weight is 394 g/mol. The van der Waals surface area contributed by atoms with Crippen LogP contribution in [0.25, 0.3) is 22.0 Å². The van der Waals surface area contributed by atoms with Crippen LogP contribution < -0.4 is 5.43 Å². The Hall–Kier alpha value is -3.73. The largest absolute Gasteiger partial charge is 0.277 e. The van der Waals surface area contributed by atoms with E-state index in [0.717, 1.165) is 22.9 Å². The maximum Gasteiger partial charge on any atom is 0.244 e. The fourth-order valence-electron chi connectivity index (χ4n) is 4.08. The predicted octanol–water partition coefficient (Wildman–Crippen LogP) is 4.66. The molecule has 0 radical (unpaired) electrons. The third-order valence-corrected chi connectivity index (χ3v) is 6.09. The van der Waals surface area contributed by atoms with Crippen LogP contribution in [0.5, 0.6) is 0 Å². The molecule has 2 atom stereocenters. The number of aromatic amines is 1. The third kappa shape index (κ3) is 3.28. The lowest BCUT2D eigenvalue weighted by Gasteiger charge is -2.12. The van der Waals surface area contributed by atoms with Crippen LogP contribution in [0.1, 0.15) is 24.5 Å². The smallest absolute Gasteiger partial charge is 0.244 e. The summed E-state index contributed by atoms with van der Waals surface area (Å²) in [6.07, 6.45) is 4.26. The van der Waals surface area contributed by atoms with Crippen LogP contribution in [0.2, 0.25) is 0 Å². The zero-order valence-corrected chi connectivity index (χ0v) is 16.7. The van der Waals surface area contributed by atoms with Gasteiger partial charge in [-0.05, 0) is 23.1 Å². The number of carbonyl (C=O) groups excluding carboxylic acids is 1. The number of amides is 1. The van der Waals surface area contributed by atoms with Gasteiger partial charge in [-0.1, -0.05) is 79.7 Å². The van der Waals surface area contributed by atoms with E-state index in [-0.39, 0.29) is 17.2 Å². The van der Waals surface area contributed by atoms with Gasteiger partial charge in [-0.25, -0.2) is 5.43 Å². The molecule has 4 aromatic rings. The molecule has 0 spiro atoms. The minimum absolute atomic E-state index is 0.0438. The molecule has 5 nitrogen and oxygen atoms in total. The van der Waals surface area contributed by atoms with E-state index in [1.165, 1.54) is 16.7 Å². The number of H-pyrrole nitrogens is 1. The molecule has 1 aromatic heterocycles. The number of benzene rings is 3. The number of nitrogens with one attached hydrogen (secondary N) is 2. The Kier molecular flexibility index (Phi) is 4.43. The standard InChI is InChI=1S/C25H22N4O/c1-25(21-12-10-18(11-13-21)17-6-3-2-4-7-17)14-22(25)24(30)29-27-16-20-9-5-8-19-15-26-28-23(19)20/h2-13,15-16,22H,14H2,1H3,(H,26,28)(H,29,30)/b27-16+. The Morgan fingerprint density at radius 3 is 2.63 bits per heavy atom. The number of hydrazone groups is 1. The van der Waals surface area contributed by atoms with Crippen molar-refractivity contribution in [3.63, 3.8) is 0 Å². The van der Waals surface area contributed by atoms with Crippen LogP contribution in [-0.2, 0) is 10.2 Å². The van der Waals surface area contributed by atoms with Gasteiger partial charge >= 0.3 is 0 Å². The molecular weight excluding hydrogens is 372 g/mol. The molecule has 5 heteroatoms. The molecule has 3 aromatic carbocycles. The molecule has 1 saturated carbocycles. The van der Waals surface area contributed by atoms with Gasteiger partial charge in [-0.3, -0.25) is 9.89 Å². The highest BCUT2D eigenvalue weighted by Crippen LogP contribution is 2.54. The summed E-state index contributed by atoms with van der Waals surface area (Å²) in [5, 5.41) is 12.2. The van der Waals surface area contributed by atoms with Crippen molar-refractivity contribution in [1.29, 1.82) is 0 Å². The number of para-hydroxylation sites is 1. The summed E-state index contributed by atoms with van der Waals surface area (Å²) in [4.78, 5) is 12.6. The average Bonchev–Trinajstić information content (AvgIpc) is 3.25. The summed E-state index contributed by atoms with van der Waals surface area (Å²) in [6, 6.07) is 24.7. The Labute approximate surface area is 174 Å². The van der Waals surface area contributed by atoms with Gasteiger partial charge in [0.25, 0.3) is 0 Å². The van der Waals surface area contributed by atoms with Crippen LogP contribution in [0.15, 0.2) is 84.1 Å². The molecular formula is C25H22N4O. The summed E-state index contributed by atoms with van der Waals surface area (Å²) in [5.41, 5.74) is 7.93. The zero-order valence-electron chi connectivity index (χ0n) is 16.7. The van der Waals surface area contributed by atoms with Crippen molar-refractivity contribution < 1.29 is 4.79 Å². The van der Waals surface area contributed by atoms with E-state index in [1.54, 1.807) is 12.4 Å². The molecule has 30 heavy (non-hydrogen) atoms. The minimum atomic E-state index is -0.141. The fourth-order valence-corrected chi connectivity index (χ4v) is 4.08. The second-order valence-corrected chi connectivity index (χ2v) is 8.03. The SMILES string of the molecule is CC1(c2ccc(-c3ccccc3)cc2)CC1C(=O)N/N=C/c1cccc2cn[nH]c12. The first-order chi connectivity index (χ1) is 14.6. The van der Waals surface area contributed by atoms with Crippen LogP contribution in [-0.4, -0.2) is 22.3 Å². The monoisotopic (exact) mass is 394 g/mol. The first-order valence-electron chi connectivity index (χ1n) is 10.1. The Morgan fingerprint density at radius 2 is 1.83 bits per heavy atom. The van der Waals surface area contributed by atoms with Gasteiger partial charge in [-0.15, -0.1) is 0 Å². The first-order valence-corrected chi connectivity index (χ1v) is 10.1. The molecule has 2 N–H and O–H groups in total. The highest BCUT2D eigenvalue weighted by Gasteiger charge is 2.55. The lowest BCUT2D eigenvalue weighted by molar-refractivity contribution is -0.122. The molecule has 1 amide bonds. The topological polar surface area (TPSA) is 70.1 Å². The van der Waals surface area contributed by atoms with Crippen LogP contribution in [0.4, 0.5) is 0 Å². The number of rotatable bonds is 5. The molecule has 0 aliphatic heterocycles. The summed E-state index contributed by atoms with van der Waals surface area (Å²) >= 11 is 0. The van der Waals surface area contributed by atoms with E-state index in [1.807, 2.05) is 36.4 Å². The molecule has 1 aliphatic rings. The summed E-state index contributed by atoms with van der Waals surface area (Å²) in [5.74, 6) is -0.113. The van der Waals surface area contributed by atoms with Crippen molar-refractivity contribution in [3.8, 4) is 11.1 Å². The van der Waals surface area contributed by atoms with Gasteiger partial charge in [0.2, 0.25) is 5.91 Å². The van der Waals surface area contributed by atoms with Crippen molar-refractivity contribution in [2.24, 2.45) is 11.0 Å². The zero-order chi connectivity index (χ0) is 20.6. The van der Waals surface area contributed by atoms with Crippen LogP contribution >= 0.6 is 0 Å². The molecule has 0 bridgehead atoms. The van der Waals surface area contributed by atoms with Gasteiger partial charge in [0.1, 0.15) is 0 Å². The van der Waals surface area contributed by atoms with E-state index in [9.17, 15) is 4.79 Å². The lowest BCUT2D eigenvalue weighted by Crippen LogP contribution is -2.23. The van der Waals surface area contributed by atoms with Crippen LogP contribution in [0, 0.1) is 5.92 Å². The number of aromatic nitrogens is 2. The number of fused-ring (bicyclic) bond motifs is 1. The number of hydrogen-bond donors (Lipinski definition) is 2. The molecule has 5 rings (SSSR count). The normalized spacial score (nSPS) is 20.5. The first kappa shape index (κ1) is 18.3. The summed E-state index contributed by atoms with van der Waals surface area (Å²) in [6.45, 7) is 2.14. The van der Waals surface area contributed by atoms with Crippen molar-refractivity contribution in [2.45, 2.75) is 18.8 Å². The molecule has 1 heterocycles. The lowest BCUT2D eigenvalue weighted by atomic mass is 9.93. The van der Waals surface area contributed by atoms with Gasteiger partial charge in [0.15, 0.2) is 0 Å². The molecule has 1 fully saturated rings. The second-order valence-electron chi connectivity index (χ2n) is 8.03. The van der Waals surface area contributed by atoms with Crippen molar-refractivity contribution in [3.05, 3.63) is 90.1 Å². The van der Waals surface area contributed by atoms with Crippen molar-refractivity contribution in [2.75, 3.05) is 0 Å². The summed E-state index contributed by atoms with van der Waals surface area (Å²) in [7, 11) is 0.